The van der Waals surface area contributed by atoms with Crippen molar-refractivity contribution in [1.29, 1.82) is 0 Å². The highest BCUT2D eigenvalue weighted by Gasteiger charge is 2.07. The second-order valence-electron chi connectivity index (χ2n) is 5.00. The molecule has 118 valence electrons. The van der Waals surface area contributed by atoms with Crippen molar-refractivity contribution in [2.24, 2.45) is 0 Å². The molecule has 0 atom stereocenters. The Bertz CT molecular complexity index is 614. The van der Waals surface area contributed by atoms with Crippen molar-refractivity contribution in [1.82, 2.24) is 10.2 Å². The minimum absolute atomic E-state index is 0.0929. The number of hydrogen-bond donors (Lipinski definition) is 1. The summed E-state index contributed by atoms with van der Waals surface area (Å²) >= 11 is 6.74. The maximum absolute atomic E-state index is 11.1. The molecule has 2 aromatic rings. The molecule has 7 heteroatoms. The third-order valence-corrected chi connectivity index (χ3v) is 4.11. The van der Waals surface area contributed by atoms with E-state index in [2.05, 4.69) is 41.5 Å². The normalized spacial score (nSPS) is 10.7. The van der Waals surface area contributed by atoms with Crippen LogP contribution in [0.25, 0.3) is 0 Å². The zero-order valence-electron chi connectivity index (χ0n) is 12.5. The Morgan fingerprint density at radius 3 is 2.68 bits per heavy atom. The Balaban J connectivity index is 1.80. The van der Waals surface area contributed by atoms with Gasteiger partial charge >= 0.3 is 0 Å². The molecule has 0 saturated heterocycles. The quantitative estimate of drug-likeness (QED) is 0.784. The number of amides is 1. The van der Waals surface area contributed by atoms with Gasteiger partial charge in [-0.2, -0.15) is 0 Å². The third kappa shape index (κ3) is 4.96. The fourth-order valence-electron chi connectivity index (χ4n) is 1.76. The van der Waals surface area contributed by atoms with E-state index in [-0.39, 0.29) is 11.8 Å². The molecule has 1 aromatic carbocycles. The number of rotatable bonds is 7. The molecule has 0 spiro atoms. The van der Waals surface area contributed by atoms with Crippen LogP contribution in [0.15, 0.2) is 24.3 Å². The number of halogens is 1. The fraction of sp³-hybridized carbons (Fsp3) is 0.400. The minimum atomic E-state index is -0.286. The van der Waals surface area contributed by atoms with Gasteiger partial charge in [0.05, 0.1) is 6.61 Å². The smallest absolute Gasteiger partial charge is 0.241 e. The van der Waals surface area contributed by atoms with Crippen molar-refractivity contribution in [2.75, 3.05) is 17.8 Å². The molecule has 1 heterocycles. The van der Waals surface area contributed by atoms with Gasteiger partial charge in [-0.05, 0) is 23.6 Å². The maximum Gasteiger partial charge on any atom is 0.241 e. The van der Waals surface area contributed by atoms with Gasteiger partial charge in [0.15, 0.2) is 0 Å². The predicted octanol–water partition coefficient (Wildman–Crippen LogP) is 3.46. The number of anilines is 1. The van der Waals surface area contributed by atoms with E-state index in [0.717, 1.165) is 10.8 Å². The van der Waals surface area contributed by atoms with E-state index in [9.17, 15) is 4.79 Å². The van der Waals surface area contributed by atoms with Gasteiger partial charge in [0.2, 0.25) is 11.0 Å². The third-order valence-electron chi connectivity index (χ3n) is 2.97. The minimum Gasteiger partial charge on any atom is -0.493 e. The fourth-order valence-corrected chi connectivity index (χ4v) is 2.57. The molecule has 1 N–H and O–H groups in total. The number of hydrogen-bond acceptors (Lipinski definition) is 5. The first-order valence-electron chi connectivity index (χ1n) is 6.99. The molecule has 2 rings (SSSR count). The second kappa shape index (κ2) is 8.10. The van der Waals surface area contributed by atoms with Crippen LogP contribution >= 0.6 is 22.9 Å². The van der Waals surface area contributed by atoms with Gasteiger partial charge < -0.3 is 4.74 Å². The van der Waals surface area contributed by atoms with E-state index in [1.165, 1.54) is 16.9 Å². The SMILES string of the molecule is CC(C)c1ccc(OCCc2nnc(NC(=O)CCl)s2)cc1. The Morgan fingerprint density at radius 2 is 2.05 bits per heavy atom. The summed E-state index contributed by atoms with van der Waals surface area (Å²) in [6.45, 7) is 4.83. The molecule has 0 saturated carbocycles. The molecule has 0 bridgehead atoms. The molecule has 0 unspecified atom stereocenters. The van der Waals surface area contributed by atoms with Crippen LogP contribution in [0, 0.1) is 0 Å². The number of benzene rings is 1. The van der Waals surface area contributed by atoms with Crippen LogP contribution in [0.1, 0.15) is 30.3 Å². The molecule has 0 aliphatic heterocycles. The number of carbonyl (C=O) groups is 1. The van der Waals surface area contributed by atoms with Gasteiger partial charge in [-0.1, -0.05) is 37.3 Å². The van der Waals surface area contributed by atoms with Crippen LogP contribution in [-0.4, -0.2) is 28.6 Å². The predicted molar refractivity (Wildman–Crippen MR) is 89.0 cm³/mol. The zero-order valence-corrected chi connectivity index (χ0v) is 14.1. The number of nitrogens with zero attached hydrogens (tertiary/aromatic N) is 2. The molecular weight excluding hydrogens is 322 g/mol. The van der Waals surface area contributed by atoms with Crippen molar-refractivity contribution in [3.05, 3.63) is 34.8 Å². The molecular formula is C15H18ClN3O2S. The van der Waals surface area contributed by atoms with Gasteiger partial charge in [0, 0.05) is 6.42 Å². The van der Waals surface area contributed by atoms with Gasteiger partial charge in [-0.3, -0.25) is 10.1 Å². The van der Waals surface area contributed by atoms with Crippen molar-refractivity contribution < 1.29 is 9.53 Å². The Labute approximate surface area is 138 Å². The van der Waals surface area contributed by atoms with E-state index >= 15 is 0 Å². The lowest BCUT2D eigenvalue weighted by Gasteiger charge is -2.08. The lowest BCUT2D eigenvalue weighted by Crippen LogP contribution is -2.12. The van der Waals surface area contributed by atoms with Crippen LogP contribution in [0.5, 0.6) is 5.75 Å². The van der Waals surface area contributed by atoms with Gasteiger partial charge in [-0.15, -0.1) is 21.8 Å². The van der Waals surface area contributed by atoms with Gasteiger partial charge in [0.25, 0.3) is 0 Å². The summed E-state index contributed by atoms with van der Waals surface area (Å²) in [6.07, 6.45) is 0.639. The van der Waals surface area contributed by atoms with E-state index in [0.29, 0.717) is 24.1 Å². The summed E-state index contributed by atoms with van der Waals surface area (Å²) in [4.78, 5) is 11.1. The van der Waals surface area contributed by atoms with Crippen molar-refractivity contribution in [2.45, 2.75) is 26.2 Å². The van der Waals surface area contributed by atoms with Crippen LogP contribution in [0.3, 0.4) is 0 Å². The summed E-state index contributed by atoms with van der Waals surface area (Å²) < 4.78 is 5.69. The van der Waals surface area contributed by atoms with E-state index in [4.69, 9.17) is 16.3 Å². The molecule has 1 amide bonds. The Hall–Kier alpha value is -1.66. The first-order valence-corrected chi connectivity index (χ1v) is 8.34. The van der Waals surface area contributed by atoms with Crippen LogP contribution in [0.2, 0.25) is 0 Å². The van der Waals surface area contributed by atoms with E-state index < -0.39 is 0 Å². The number of alkyl halides is 1. The van der Waals surface area contributed by atoms with Crippen molar-refractivity contribution in [3.8, 4) is 5.75 Å². The van der Waals surface area contributed by atoms with Gasteiger partial charge in [0.1, 0.15) is 16.6 Å². The largest absolute Gasteiger partial charge is 0.493 e. The average molecular weight is 340 g/mol. The number of aromatic nitrogens is 2. The van der Waals surface area contributed by atoms with E-state index in [1.54, 1.807) is 0 Å². The highest BCUT2D eigenvalue weighted by atomic mass is 35.5. The molecule has 22 heavy (non-hydrogen) atoms. The first kappa shape index (κ1) is 16.7. The van der Waals surface area contributed by atoms with Crippen LogP contribution < -0.4 is 10.1 Å². The number of nitrogens with one attached hydrogen (secondary N) is 1. The van der Waals surface area contributed by atoms with Crippen molar-refractivity contribution in [3.63, 3.8) is 0 Å². The highest BCUT2D eigenvalue weighted by molar-refractivity contribution is 7.15. The number of carbonyl (C=O) groups excluding carboxylic acids is 1. The molecule has 5 nitrogen and oxygen atoms in total. The second-order valence-corrected chi connectivity index (χ2v) is 6.33. The summed E-state index contributed by atoms with van der Waals surface area (Å²) in [5.74, 6) is 0.970. The molecule has 1 aromatic heterocycles. The molecule has 0 radical (unpaired) electrons. The summed E-state index contributed by atoms with van der Waals surface area (Å²) in [5.41, 5.74) is 1.29. The zero-order chi connectivity index (χ0) is 15.9. The Morgan fingerprint density at radius 1 is 1.32 bits per heavy atom. The van der Waals surface area contributed by atoms with Gasteiger partial charge in [-0.25, -0.2) is 0 Å². The Kier molecular flexibility index (Phi) is 6.15. The number of ether oxygens (including phenoxy) is 1. The maximum atomic E-state index is 11.1. The molecule has 0 aliphatic rings. The first-order chi connectivity index (χ1) is 10.6. The molecule has 0 aliphatic carbocycles. The standard InChI is InChI=1S/C15H18ClN3O2S/c1-10(2)11-3-5-12(6-4-11)21-8-7-14-18-19-15(22-14)17-13(20)9-16/h3-6,10H,7-9H2,1-2H3,(H,17,19,20). The van der Waals surface area contributed by atoms with Crippen LogP contribution in [-0.2, 0) is 11.2 Å². The lowest BCUT2D eigenvalue weighted by molar-refractivity contribution is -0.113. The van der Waals surface area contributed by atoms with E-state index in [1.807, 2.05) is 12.1 Å². The summed E-state index contributed by atoms with van der Waals surface area (Å²) in [5, 5.41) is 11.7. The van der Waals surface area contributed by atoms with Crippen LogP contribution in [0.4, 0.5) is 5.13 Å². The van der Waals surface area contributed by atoms with Crippen molar-refractivity contribution >= 4 is 34.0 Å². The lowest BCUT2D eigenvalue weighted by atomic mass is 10.0. The summed E-state index contributed by atoms with van der Waals surface area (Å²) in [7, 11) is 0. The monoisotopic (exact) mass is 339 g/mol. The molecule has 0 fully saturated rings. The topological polar surface area (TPSA) is 64.1 Å². The average Bonchev–Trinajstić information content (AvgIpc) is 2.95. The summed E-state index contributed by atoms with van der Waals surface area (Å²) in [6, 6.07) is 8.10. The highest BCUT2D eigenvalue weighted by Crippen LogP contribution is 2.19.